The molecule has 0 amide bonds. The Kier molecular flexibility index (Phi) is 3.38. The molecule has 0 aromatic carbocycles. The Bertz CT molecular complexity index is 147. The molecular weight excluding hydrogens is 172 g/mol. The van der Waals surface area contributed by atoms with Crippen LogP contribution < -0.4 is 0 Å². The minimum absolute atomic E-state index is 0.310. The van der Waals surface area contributed by atoms with Gasteiger partial charge in [-0.3, -0.25) is 9.80 Å². The Morgan fingerprint density at radius 3 is 2.50 bits per heavy atom. The summed E-state index contributed by atoms with van der Waals surface area (Å²) < 4.78 is 0. The van der Waals surface area contributed by atoms with E-state index < -0.39 is 0 Å². The zero-order valence-corrected chi connectivity index (χ0v) is 9.06. The second kappa shape index (κ2) is 3.95. The Balaban J connectivity index is 2.45. The Hall–Kier alpha value is 0.210. The molecule has 1 aliphatic heterocycles. The number of likely N-dealkylation sites (N-methyl/N-ethyl adjacent to an activating group) is 1. The Morgan fingerprint density at radius 1 is 1.33 bits per heavy atom. The molecule has 0 N–H and O–H groups in total. The van der Waals surface area contributed by atoms with Crippen LogP contribution in [-0.2, 0) is 0 Å². The number of rotatable bonds is 2. The van der Waals surface area contributed by atoms with Gasteiger partial charge in [0.15, 0.2) is 0 Å². The molecule has 0 aliphatic carbocycles. The Morgan fingerprint density at radius 2 is 2.00 bits per heavy atom. The van der Waals surface area contributed by atoms with Crippen LogP contribution in [0.25, 0.3) is 0 Å². The van der Waals surface area contributed by atoms with Gasteiger partial charge in [0.25, 0.3) is 0 Å². The first kappa shape index (κ1) is 10.3. The van der Waals surface area contributed by atoms with E-state index in [0.29, 0.717) is 5.54 Å². The molecule has 12 heavy (non-hydrogen) atoms. The topological polar surface area (TPSA) is 6.48 Å². The van der Waals surface area contributed by atoms with E-state index in [2.05, 4.69) is 30.7 Å². The summed E-state index contributed by atoms with van der Waals surface area (Å²) in [7, 11) is 2.19. The summed E-state index contributed by atoms with van der Waals surface area (Å²) in [5, 5.41) is 0. The molecule has 0 radical (unpaired) electrons. The fraction of sp³-hybridized carbons (Fsp3) is 1.00. The summed E-state index contributed by atoms with van der Waals surface area (Å²) in [6.07, 6.45) is 0. The van der Waals surface area contributed by atoms with E-state index in [-0.39, 0.29) is 0 Å². The molecule has 0 spiro atoms. The minimum atomic E-state index is 0.310. The molecule has 1 aliphatic rings. The van der Waals surface area contributed by atoms with E-state index in [4.69, 9.17) is 11.6 Å². The van der Waals surface area contributed by atoms with Crippen LogP contribution in [0.4, 0.5) is 0 Å². The predicted octanol–water partition coefficient (Wildman–Crippen LogP) is 1.25. The molecule has 1 rings (SSSR count). The second-order valence-electron chi connectivity index (χ2n) is 4.20. The van der Waals surface area contributed by atoms with Gasteiger partial charge in [-0.25, -0.2) is 0 Å². The van der Waals surface area contributed by atoms with Gasteiger partial charge in [-0.05, 0) is 20.9 Å². The second-order valence-corrected chi connectivity index (χ2v) is 4.58. The summed E-state index contributed by atoms with van der Waals surface area (Å²) in [5.41, 5.74) is 0.310. The normalized spacial score (nSPS) is 26.0. The van der Waals surface area contributed by atoms with Crippen LogP contribution in [0.5, 0.6) is 0 Å². The van der Waals surface area contributed by atoms with Crippen LogP contribution in [0.15, 0.2) is 0 Å². The van der Waals surface area contributed by atoms with Crippen molar-refractivity contribution in [2.75, 3.05) is 39.1 Å². The van der Waals surface area contributed by atoms with Gasteiger partial charge in [-0.1, -0.05) is 0 Å². The third kappa shape index (κ3) is 2.35. The van der Waals surface area contributed by atoms with Crippen LogP contribution in [0.1, 0.15) is 13.8 Å². The van der Waals surface area contributed by atoms with E-state index >= 15 is 0 Å². The maximum absolute atomic E-state index is 5.71. The monoisotopic (exact) mass is 190 g/mol. The van der Waals surface area contributed by atoms with E-state index in [1.807, 2.05) is 0 Å². The SMILES string of the molecule is CN1CCN(CCCl)CC1(C)C. The van der Waals surface area contributed by atoms with Gasteiger partial charge in [-0.15, -0.1) is 11.6 Å². The van der Waals surface area contributed by atoms with E-state index in [1.165, 1.54) is 0 Å². The molecule has 0 aromatic heterocycles. The lowest BCUT2D eigenvalue weighted by atomic mass is 10.00. The summed E-state index contributed by atoms with van der Waals surface area (Å²) in [5.74, 6) is 0.750. The number of piperazine rings is 1. The highest BCUT2D eigenvalue weighted by Crippen LogP contribution is 2.18. The summed E-state index contributed by atoms with van der Waals surface area (Å²) in [6, 6.07) is 0. The number of hydrogen-bond acceptors (Lipinski definition) is 2. The molecule has 0 atom stereocenters. The van der Waals surface area contributed by atoms with Crippen molar-refractivity contribution in [2.24, 2.45) is 0 Å². The van der Waals surface area contributed by atoms with Crippen molar-refractivity contribution >= 4 is 11.6 Å². The van der Waals surface area contributed by atoms with Gasteiger partial charge in [-0.2, -0.15) is 0 Å². The fourth-order valence-corrected chi connectivity index (χ4v) is 1.89. The largest absolute Gasteiger partial charge is 0.299 e. The smallest absolute Gasteiger partial charge is 0.0351 e. The molecule has 3 heteroatoms. The zero-order valence-electron chi connectivity index (χ0n) is 8.31. The van der Waals surface area contributed by atoms with Gasteiger partial charge in [0.05, 0.1) is 0 Å². The highest BCUT2D eigenvalue weighted by atomic mass is 35.5. The van der Waals surface area contributed by atoms with E-state index in [0.717, 1.165) is 32.1 Å². The van der Waals surface area contributed by atoms with Crippen LogP contribution >= 0.6 is 11.6 Å². The van der Waals surface area contributed by atoms with Crippen molar-refractivity contribution in [3.63, 3.8) is 0 Å². The molecule has 1 saturated heterocycles. The third-order valence-corrected chi connectivity index (χ3v) is 2.97. The van der Waals surface area contributed by atoms with Crippen LogP contribution in [0, 0.1) is 0 Å². The van der Waals surface area contributed by atoms with Crippen LogP contribution in [0.3, 0.4) is 0 Å². The van der Waals surface area contributed by atoms with Gasteiger partial charge in [0.2, 0.25) is 0 Å². The van der Waals surface area contributed by atoms with E-state index in [1.54, 1.807) is 0 Å². The lowest BCUT2D eigenvalue weighted by Gasteiger charge is -2.45. The van der Waals surface area contributed by atoms with Crippen molar-refractivity contribution in [3.8, 4) is 0 Å². The number of alkyl halides is 1. The lowest BCUT2D eigenvalue weighted by Crippen LogP contribution is -2.57. The lowest BCUT2D eigenvalue weighted by molar-refractivity contribution is 0.0434. The van der Waals surface area contributed by atoms with Gasteiger partial charge in [0.1, 0.15) is 0 Å². The molecule has 0 bridgehead atoms. The summed E-state index contributed by atoms with van der Waals surface area (Å²) in [4.78, 5) is 4.85. The number of hydrogen-bond donors (Lipinski definition) is 0. The zero-order chi connectivity index (χ0) is 9.19. The van der Waals surface area contributed by atoms with Gasteiger partial charge >= 0.3 is 0 Å². The number of nitrogens with zero attached hydrogens (tertiary/aromatic N) is 2. The van der Waals surface area contributed by atoms with Crippen LogP contribution in [0.2, 0.25) is 0 Å². The van der Waals surface area contributed by atoms with Crippen LogP contribution in [-0.4, -0.2) is 54.4 Å². The molecule has 0 aromatic rings. The van der Waals surface area contributed by atoms with Crippen molar-refractivity contribution in [1.29, 1.82) is 0 Å². The number of halogens is 1. The van der Waals surface area contributed by atoms with Gasteiger partial charge < -0.3 is 0 Å². The first-order chi connectivity index (χ1) is 5.56. The average molecular weight is 191 g/mol. The van der Waals surface area contributed by atoms with Crippen molar-refractivity contribution < 1.29 is 0 Å². The molecule has 72 valence electrons. The van der Waals surface area contributed by atoms with Gasteiger partial charge in [0, 0.05) is 37.6 Å². The standard InChI is InChI=1S/C9H19ClN2/c1-9(2)8-12(5-4-10)7-6-11(9)3/h4-8H2,1-3H3. The molecule has 2 nitrogen and oxygen atoms in total. The summed E-state index contributed by atoms with van der Waals surface area (Å²) >= 11 is 5.71. The first-order valence-corrected chi connectivity index (χ1v) is 5.09. The third-order valence-electron chi connectivity index (χ3n) is 2.80. The quantitative estimate of drug-likeness (QED) is 0.605. The maximum Gasteiger partial charge on any atom is 0.0351 e. The minimum Gasteiger partial charge on any atom is -0.299 e. The molecule has 1 fully saturated rings. The predicted molar refractivity (Wildman–Crippen MR) is 53.9 cm³/mol. The molecular formula is C9H19ClN2. The Labute approximate surface area is 80.5 Å². The molecule has 0 saturated carbocycles. The highest BCUT2D eigenvalue weighted by Gasteiger charge is 2.30. The molecule has 1 heterocycles. The average Bonchev–Trinajstić information content (AvgIpc) is 1.97. The fourth-order valence-electron chi connectivity index (χ4n) is 1.65. The van der Waals surface area contributed by atoms with Crippen molar-refractivity contribution in [2.45, 2.75) is 19.4 Å². The van der Waals surface area contributed by atoms with Crippen molar-refractivity contribution in [3.05, 3.63) is 0 Å². The van der Waals surface area contributed by atoms with Crippen molar-refractivity contribution in [1.82, 2.24) is 9.80 Å². The molecule has 0 unspecified atom stereocenters. The van der Waals surface area contributed by atoms with E-state index in [9.17, 15) is 0 Å². The first-order valence-electron chi connectivity index (χ1n) is 4.56. The highest BCUT2D eigenvalue weighted by molar-refractivity contribution is 6.18. The maximum atomic E-state index is 5.71. The summed E-state index contributed by atoms with van der Waals surface area (Å²) in [6.45, 7) is 9.05.